The molecule has 0 aliphatic carbocycles. The highest BCUT2D eigenvalue weighted by atomic mass is 32.2. The van der Waals surface area contributed by atoms with Crippen LogP contribution in [0.1, 0.15) is 18.4 Å². The molecule has 5 aromatic rings. The maximum atomic E-state index is 14.2. The highest BCUT2D eigenvalue weighted by molar-refractivity contribution is 7.90. The van der Waals surface area contributed by atoms with E-state index < -0.39 is 9.84 Å². The minimum Gasteiger partial charge on any atom is -0.461 e. The third-order valence-corrected chi connectivity index (χ3v) is 8.90. The molecule has 1 fully saturated rings. The third-order valence-electron chi connectivity index (χ3n) is 7.77. The molecule has 0 amide bonds. The van der Waals surface area contributed by atoms with Crippen molar-refractivity contribution in [3.05, 3.63) is 101 Å². The first-order valence-corrected chi connectivity index (χ1v) is 16.2. The van der Waals surface area contributed by atoms with Crippen LogP contribution < -0.4 is 10.6 Å². The topological polar surface area (TPSA) is 99.3 Å². The largest absolute Gasteiger partial charge is 0.461 e. The third kappa shape index (κ3) is 6.21. The second kappa shape index (κ2) is 12.1. The quantitative estimate of drug-likeness (QED) is 0.227. The number of anilines is 1. The van der Waals surface area contributed by atoms with Crippen molar-refractivity contribution < 1.29 is 22.7 Å². The summed E-state index contributed by atoms with van der Waals surface area (Å²) in [5.41, 5.74) is 4.60. The summed E-state index contributed by atoms with van der Waals surface area (Å²) in [7, 11) is -3.37. The van der Waals surface area contributed by atoms with Gasteiger partial charge in [-0.3, -0.25) is 13.8 Å². The smallest absolute Gasteiger partial charge is 0.333 e. The Hall–Kier alpha value is -4.41. The fourth-order valence-corrected chi connectivity index (χ4v) is 6.14. The zero-order valence-corrected chi connectivity index (χ0v) is 24.8. The first-order valence-electron chi connectivity index (χ1n) is 14.3. The predicted molar refractivity (Wildman–Crippen MR) is 166 cm³/mol. The molecule has 10 heteroatoms. The Morgan fingerprint density at radius 1 is 0.930 bits per heavy atom. The molecule has 43 heavy (non-hydrogen) atoms. The van der Waals surface area contributed by atoms with Crippen molar-refractivity contribution in [2.24, 2.45) is 0 Å². The molecule has 0 bridgehead atoms. The van der Waals surface area contributed by atoms with Gasteiger partial charge in [0, 0.05) is 43.4 Å². The highest BCUT2D eigenvalue weighted by Crippen LogP contribution is 2.28. The van der Waals surface area contributed by atoms with Crippen LogP contribution in [0.3, 0.4) is 0 Å². The maximum Gasteiger partial charge on any atom is 0.333 e. The zero-order chi connectivity index (χ0) is 30.0. The van der Waals surface area contributed by atoms with Gasteiger partial charge in [-0.15, -0.1) is 0 Å². The van der Waals surface area contributed by atoms with Gasteiger partial charge in [0.1, 0.15) is 6.61 Å². The van der Waals surface area contributed by atoms with Crippen LogP contribution in [-0.2, 0) is 37.3 Å². The standard InChI is InChI=1S/C33H33N3O6S/c1-43(39,40)29-13-10-25(11-14-29)30-22-28-20-26-9-12-27(34-16-18-41-19-17-34)21-31(26)36(28)33(38)35(30)15-5-8-32(37)42-23-24-6-3-2-4-7-24/h2-4,6-7,9-14,20-22H,5,8,15-19,23H2,1H3. The van der Waals surface area contributed by atoms with Crippen LogP contribution in [0.4, 0.5) is 5.69 Å². The number of hydrogen-bond donors (Lipinski definition) is 0. The highest BCUT2D eigenvalue weighted by Gasteiger charge is 2.18. The summed E-state index contributed by atoms with van der Waals surface area (Å²) < 4.78 is 38.4. The number of carbonyl (C=O) groups excluding carboxylic acids is 1. The van der Waals surface area contributed by atoms with Crippen molar-refractivity contribution >= 4 is 37.9 Å². The number of carbonyl (C=O) groups is 1. The number of hydrogen-bond acceptors (Lipinski definition) is 7. The fraction of sp³-hybridized carbons (Fsp3) is 0.273. The van der Waals surface area contributed by atoms with E-state index in [4.69, 9.17) is 9.47 Å². The van der Waals surface area contributed by atoms with Crippen molar-refractivity contribution in [3.63, 3.8) is 0 Å². The molecular formula is C33H33N3O6S. The lowest BCUT2D eigenvalue weighted by Crippen LogP contribution is -2.36. The number of fused-ring (bicyclic) bond motifs is 3. The van der Waals surface area contributed by atoms with E-state index in [9.17, 15) is 18.0 Å². The van der Waals surface area contributed by atoms with Gasteiger partial charge in [0.2, 0.25) is 0 Å². The average Bonchev–Trinajstić information content (AvgIpc) is 3.39. The number of rotatable bonds is 9. The molecule has 0 N–H and O–H groups in total. The number of ether oxygens (including phenoxy) is 2. The van der Waals surface area contributed by atoms with Gasteiger partial charge in [-0.05, 0) is 53.9 Å². The van der Waals surface area contributed by atoms with Crippen molar-refractivity contribution in [1.29, 1.82) is 0 Å². The Balaban J connectivity index is 1.35. The molecule has 0 radical (unpaired) electrons. The van der Waals surface area contributed by atoms with Crippen molar-refractivity contribution in [2.45, 2.75) is 30.9 Å². The van der Waals surface area contributed by atoms with Crippen molar-refractivity contribution in [1.82, 2.24) is 8.97 Å². The molecule has 222 valence electrons. The second-order valence-corrected chi connectivity index (χ2v) is 12.8. The Kier molecular flexibility index (Phi) is 8.05. The SMILES string of the molecule is CS(=O)(=O)c1ccc(-c2cc3cc4ccc(N5CCOCC5)cc4n3c(=O)n2CCCC(=O)OCc2ccccc2)cc1. The summed E-state index contributed by atoms with van der Waals surface area (Å²) in [6.07, 6.45) is 1.71. The van der Waals surface area contributed by atoms with E-state index in [0.29, 0.717) is 30.9 Å². The molecule has 0 saturated carbocycles. The van der Waals surface area contributed by atoms with Gasteiger partial charge in [0.05, 0.1) is 34.8 Å². The molecule has 0 spiro atoms. The number of morpholine rings is 1. The van der Waals surface area contributed by atoms with Crippen LogP contribution in [0, 0.1) is 0 Å². The monoisotopic (exact) mass is 599 g/mol. The van der Waals surface area contributed by atoms with Crippen molar-refractivity contribution in [3.8, 4) is 11.3 Å². The molecule has 9 nitrogen and oxygen atoms in total. The van der Waals surface area contributed by atoms with Crippen LogP contribution in [0.5, 0.6) is 0 Å². The summed E-state index contributed by atoms with van der Waals surface area (Å²) in [5.74, 6) is -0.335. The van der Waals surface area contributed by atoms with Crippen molar-refractivity contribution in [2.75, 3.05) is 37.5 Å². The van der Waals surface area contributed by atoms with Crippen LogP contribution in [0.15, 0.2) is 94.6 Å². The summed E-state index contributed by atoms with van der Waals surface area (Å²) in [4.78, 5) is 29.2. The summed E-state index contributed by atoms with van der Waals surface area (Å²) in [5, 5.41) is 0.940. The van der Waals surface area contributed by atoms with Crippen LogP contribution in [0.25, 0.3) is 27.7 Å². The minimum absolute atomic E-state index is 0.150. The normalized spacial score (nSPS) is 13.9. The lowest BCUT2D eigenvalue weighted by atomic mass is 10.1. The van der Waals surface area contributed by atoms with Gasteiger partial charge in [-0.2, -0.15) is 0 Å². The fourth-order valence-electron chi connectivity index (χ4n) is 5.51. The Morgan fingerprint density at radius 3 is 2.40 bits per heavy atom. The molecule has 2 aromatic heterocycles. The molecule has 1 aliphatic heterocycles. The van der Waals surface area contributed by atoms with Gasteiger partial charge in [-0.1, -0.05) is 48.5 Å². The van der Waals surface area contributed by atoms with Gasteiger partial charge in [0.25, 0.3) is 0 Å². The van der Waals surface area contributed by atoms with E-state index in [1.165, 1.54) is 0 Å². The minimum atomic E-state index is -3.37. The molecule has 6 rings (SSSR count). The average molecular weight is 600 g/mol. The van der Waals surface area contributed by atoms with Gasteiger partial charge < -0.3 is 14.4 Å². The molecule has 1 saturated heterocycles. The van der Waals surface area contributed by atoms with Crippen LogP contribution >= 0.6 is 0 Å². The predicted octanol–water partition coefficient (Wildman–Crippen LogP) is 4.68. The van der Waals surface area contributed by atoms with Gasteiger partial charge >= 0.3 is 11.7 Å². The van der Waals surface area contributed by atoms with Crippen LogP contribution in [-0.4, -0.2) is 55.9 Å². The van der Waals surface area contributed by atoms with E-state index in [2.05, 4.69) is 11.0 Å². The first-order chi connectivity index (χ1) is 20.8. The maximum absolute atomic E-state index is 14.2. The number of aromatic nitrogens is 2. The molecular weight excluding hydrogens is 566 g/mol. The summed E-state index contributed by atoms with van der Waals surface area (Å²) in [6, 6.07) is 26.1. The number of sulfone groups is 1. The summed E-state index contributed by atoms with van der Waals surface area (Å²) in [6.45, 7) is 3.37. The van der Waals surface area contributed by atoms with E-state index in [1.54, 1.807) is 33.2 Å². The van der Waals surface area contributed by atoms with E-state index in [1.807, 2.05) is 54.6 Å². The molecule has 0 atom stereocenters. The summed E-state index contributed by atoms with van der Waals surface area (Å²) >= 11 is 0. The Bertz CT molecular complexity index is 1940. The van der Waals surface area contributed by atoms with Crippen LogP contribution in [0.2, 0.25) is 0 Å². The number of esters is 1. The molecule has 1 aliphatic rings. The first kappa shape index (κ1) is 28.7. The van der Waals surface area contributed by atoms with E-state index in [0.717, 1.165) is 47.0 Å². The second-order valence-electron chi connectivity index (χ2n) is 10.8. The lowest BCUT2D eigenvalue weighted by molar-refractivity contribution is -0.145. The van der Waals surface area contributed by atoms with E-state index >= 15 is 0 Å². The number of benzene rings is 3. The molecule has 0 unspecified atom stereocenters. The lowest BCUT2D eigenvalue weighted by Gasteiger charge is -2.28. The van der Waals surface area contributed by atoms with E-state index in [-0.39, 0.29) is 36.1 Å². The Labute approximate surface area is 249 Å². The molecule has 3 aromatic carbocycles. The zero-order valence-electron chi connectivity index (χ0n) is 23.9. The molecule has 3 heterocycles. The number of nitrogens with zero attached hydrogens (tertiary/aromatic N) is 3. The Morgan fingerprint density at radius 2 is 1.67 bits per heavy atom. The van der Waals surface area contributed by atoms with Gasteiger partial charge in [-0.25, -0.2) is 13.2 Å². The van der Waals surface area contributed by atoms with Gasteiger partial charge in [0.15, 0.2) is 9.84 Å².